The number of urea groups is 1. The molecule has 0 aromatic heterocycles. The van der Waals surface area contributed by atoms with Crippen LogP contribution >= 0.6 is 0 Å². The summed E-state index contributed by atoms with van der Waals surface area (Å²) in [5.74, 6) is -0.0432. The summed E-state index contributed by atoms with van der Waals surface area (Å²) in [4.78, 5) is 38.2. The van der Waals surface area contributed by atoms with E-state index < -0.39 is 17.5 Å². The fourth-order valence-electron chi connectivity index (χ4n) is 3.89. The molecule has 0 unspecified atom stereocenters. The van der Waals surface area contributed by atoms with E-state index in [1.165, 1.54) is 0 Å². The normalized spacial score (nSPS) is 24.8. The van der Waals surface area contributed by atoms with Crippen LogP contribution in [-0.2, 0) is 20.7 Å². The van der Waals surface area contributed by atoms with Crippen molar-refractivity contribution in [1.82, 2.24) is 10.2 Å². The average Bonchev–Trinajstić information content (AvgIpc) is 2.90. The van der Waals surface area contributed by atoms with Gasteiger partial charge >= 0.3 is 12.0 Å². The molecule has 1 N–H and O–H groups in total. The van der Waals surface area contributed by atoms with Crippen LogP contribution in [0.2, 0.25) is 0 Å². The van der Waals surface area contributed by atoms with Crippen LogP contribution in [-0.4, -0.2) is 48.6 Å². The molecule has 2 atom stereocenters. The van der Waals surface area contributed by atoms with Crippen LogP contribution in [0.15, 0.2) is 24.3 Å². The fourth-order valence-corrected chi connectivity index (χ4v) is 3.89. The second kappa shape index (κ2) is 7.98. The van der Waals surface area contributed by atoms with Gasteiger partial charge in [-0.3, -0.25) is 14.5 Å². The van der Waals surface area contributed by atoms with Crippen LogP contribution < -0.4 is 10.1 Å². The maximum Gasteiger partial charge on any atom is 0.326 e. The summed E-state index contributed by atoms with van der Waals surface area (Å²) >= 11 is 0. The van der Waals surface area contributed by atoms with Gasteiger partial charge in [0.2, 0.25) is 0 Å². The van der Waals surface area contributed by atoms with Gasteiger partial charge in [0, 0.05) is 6.42 Å². The first kappa shape index (κ1) is 19.2. The molecule has 3 amide bonds. The van der Waals surface area contributed by atoms with Crippen molar-refractivity contribution >= 4 is 17.9 Å². The van der Waals surface area contributed by atoms with Crippen molar-refractivity contribution in [3.63, 3.8) is 0 Å². The number of amides is 3. The molecule has 3 rings (SSSR count). The Labute approximate surface area is 159 Å². The maximum absolute atomic E-state index is 12.8. The Morgan fingerprint density at radius 1 is 1.26 bits per heavy atom. The minimum absolute atomic E-state index is 0.0683. The summed E-state index contributed by atoms with van der Waals surface area (Å²) in [6.45, 7) is 1.83. The van der Waals surface area contributed by atoms with Crippen LogP contribution in [0.25, 0.3) is 0 Å². The van der Waals surface area contributed by atoms with E-state index in [0.717, 1.165) is 35.5 Å². The largest absolute Gasteiger partial charge is 0.497 e. The van der Waals surface area contributed by atoms with Crippen LogP contribution in [0.1, 0.15) is 38.2 Å². The Kier molecular flexibility index (Phi) is 5.68. The molecule has 0 radical (unpaired) electrons. The Balaban J connectivity index is 1.51. The number of carbonyl (C=O) groups excluding carboxylic acids is 3. The lowest BCUT2D eigenvalue weighted by atomic mass is 9.73. The van der Waals surface area contributed by atoms with Crippen LogP contribution in [0.4, 0.5) is 4.79 Å². The highest BCUT2D eigenvalue weighted by molar-refractivity contribution is 6.08. The lowest BCUT2D eigenvalue weighted by molar-refractivity contribution is -0.148. The van der Waals surface area contributed by atoms with Crippen molar-refractivity contribution in [1.29, 1.82) is 0 Å². The number of nitrogens with one attached hydrogen (secondary N) is 1. The molecule has 27 heavy (non-hydrogen) atoms. The zero-order valence-corrected chi connectivity index (χ0v) is 15.8. The number of hydrogen-bond donors (Lipinski definition) is 1. The summed E-state index contributed by atoms with van der Waals surface area (Å²) in [7, 11) is 1.60. The van der Waals surface area contributed by atoms with Crippen LogP contribution in [0, 0.1) is 5.92 Å². The van der Waals surface area contributed by atoms with Gasteiger partial charge in [-0.25, -0.2) is 4.79 Å². The first-order valence-corrected chi connectivity index (χ1v) is 9.39. The molecular weight excluding hydrogens is 348 g/mol. The standard InChI is InChI=1S/C20H26N2O5/c1-14-5-3-4-11-20(14)18(24)22(19(25)21-20)13-17(23)27-12-10-15-6-8-16(26-2)9-7-15/h6-9,14H,3-5,10-13H2,1-2H3,(H,21,25)/t14-,20-/m1/s1. The van der Waals surface area contributed by atoms with E-state index in [9.17, 15) is 14.4 Å². The van der Waals surface area contributed by atoms with E-state index in [0.29, 0.717) is 12.8 Å². The maximum atomic E-state index is 12.8. The Bertz CT molecular complexity index is 718. The Morgan fingerprint density at radius 3 is 2.67 bits per heavy atom. The van der Waals surface area contributed by atoms with Gasteiger partial charge in [0.25, 0.3) is 5.91 Å². The zero-order chi connectivity index (χ0) is 19.4. The van der Waals surface area contributed by atoms with Gasteiger partial charge < -0.3 is 14.8 Å². The highest BCUT2D eigenvalue weighted by Crippen LogP contribution is 2.38. The van der Waals surface area contributed by atoms with Crippen LogP contribution in [0.3, 0.4) is 0 Å². The number of carbonyl (C=O) groups is 3. The number of nitrogens with zero attached hydrogens (tertiary/aromatic N) is 1. The molecule has 7 heteroatoms. The SMILES string of the molecule is COc1ccc(CCOC(=O)CN2C(=O)N[C@@]3(CCCC[C@H]3C)C2=O)cc1. The molecular formula is C20H26N2O5. The quantitative estimate of drug-likeness (QED) is 0.610. The van der Waals surface area contributed by atoms with Gasteiger partial charge in [0.15, 0.2) is 0 Å². The van der Waals surface area contributed by atoms with Gasteiger partial charge in [0.1, 0.15) is 17.8 Å². The molecule has 1 saturated carbocycles. The van der Waals surface area contributed by atoms with E-state index in [1.807, 2.05) is 31.2 Å². The molecule has 0 bridgehead atoms. The smallest absolute Gasteiger partial charge is 0.326 e. The second-order valence-electron chi connectivity index (χ2n) is 7.26. The summed E-state index contributed by atoms with van der Waals surface area (Å²) < 4.78 is 10.3. The molecule has 1 aromatic rings. The zero-order valence-electron chi connectivity index (χ0n) is 15.8. The van der Waals surface area contributed by atoms with E-state index in [2.05, 4.69) is 5.32 Å². The van der Waals surface area contributed by atoms with Gasteiger partial charge in [-0.1, -0.05) is 31.9 Å². The summed E-state index contributed by atoms with van der Waals surface area (Å²) in [6.07, 6.45) is 4.03. The predicted octanol–water partition coefficient (Wildman–Crippen LogP) is 2.28. The Hall–Kier alpha value is -2.57. The third-order valence-corrected chi connectivity index (χ3v) is 5.60. The third kappa shape index (κ3) is 3.91. The highest BCUT2D eigenvalue weighted by atomic mass is 16.5. The number of hydrogen-bond acceptors (Lipinski definition) is 5. The van der Waals surface area contributed by atoms with Gasteiger partial charge in [-0.15, -0.1) is 0 Å². The minimum Gasteiger partial charge on any atom is -0.497 e. The molecule has 1 aliphatic carbocycles. The number of esters is 1. The van der Waals surface area contributed by atoms with Crippen molar-refractivity contribution in [2.75, 3.05) is 20.3 Å². The highest BCUT2D eigenvalue weighted by Gasteiger charge is 2.55. The van der Waals surface area contributed by atoms with E-state index >= 15 is 0 Å². The molecule has 1 spiro atoms. The topological polar surface area (TPSA) is 84.9 Å². The van der Waals surface area contributed by atoms with E-state index in [1.54, 1.807) is 7.11 Å². The molecule has 146 valence electrons. The summed E-state index contributed by atoms with van der Waals surface area (Å²) in [6, 6.07) is 6.99. The number of ether oxygens (including phenoxy) is 2. The summed E-state index contributed by atoms with van der Waals surface area (Å²) in [5.41, 5.74) is 0.159. The molecule has 7 nitrogen and oxygen atoms in total. The molecule has 1 heterocycles. The molecule has 1 aromatic carbocycles. The molecule has 1 saturated heterocycles. The second-order valence-corrected chi connectivity index (χ2v) is 7.26. The predicted molar refractivity (Wildman–Crippen MR) is 98.3 cm³/mol. The lowest BCUT2D eigenvalue weighted by Gasteiger charge is -2.36. The fraction of sp³-hybridized carbons (Fsp3) is 0.550. The third-order valence-electron chi connectivity index (χ3n) is 5.60. The van der Waals surface area contributed by atoms with Crippen LogP contribution in [0.5, 0.6) is 5.75 Å². The number of rotatable bonds is 6. The van der Waals surface area contributed by atoms with Crippen molar-refractivity contribution < 1.29 is 23.9 Å². The van der Waals surface area contributed by atoms with Crippen molar-refractivity contribution in [2.24, 2.45) is 5.92 Å². The summed E-state index contributed by atoms with van der Waals surface area (Å²) in [5, 5.41) is 2.83. The molecule has 1 aliphatic heterocycles. The van der Waals surface area contributed by atoms with Crippen molar-refractivity contribution in [2.45, 2.75) is 44.6 Å². The number of imide groups is 1. The minimum atomic E-state index is -0.849. The number of benzene rings is 1. The van der Waals surface area contributed by atoms with E-state index in [-0.39, 0.29) is 25.0 Å². The monoisotopic (exact) mass is 374 g/mol. The first-order valence-electron chi connectivity index (χ1n) is 9.39. The van der Waals surface area contributed by atoms with Gasteiger partial charge in [0.05, 0.1) is 13.7 Å². The first-order chi connectivity index (χ1) is 13.0. The van der Waals surface area contributed by atoms with E-state index in [4.69, 9.17) is 9.47 Å². The number of methoxy groups -OCH3 is 1. The molecule has 2 fully saturated rings. The van der Waals surface area contributed by atoms with Gasteiger partial charge in [-0.05, 0) is 36.5 Å². The average molecular weight is 374 g/mol. The van der Waals surface area contributed by atoms with Crippen molar-refractivity contribution in [3.05, 3.63) is 29.8 Å². The Morgan fingerprint density at radius 2 is 2.00 bits per heavy atom. The lowest BCUT2D eigenvalue weighted by Crippen LogP contribution is -2.54. The van der Waals surface area contributed by atoms with Gasteiger partial charge in [-0.2, -0.15) is 0 Å². The molecule has 2 aliphatic rings. The van der Waals surface area contributed by atoms with Crippen molar-refractivity contribution in [3.8, 4) is 5.75 Å².